The lowest BCUT2D eigenvalue weighted by molar-refractivity contribution is -0.870. The van der Waals surface area contributed by atoms with Crippen LogP contribution in [0.2, 0.25) is 0 Å². The van der Waals surface area contributed by atoms with Gasteiger partial charge in [0.25, 0.3) is 0 Å². The van der Waals surface area contributed by atoms with Crippen molar-refractivity contribution in [2.24, 2.45) is 0 Å². The fourth-order valence-electron chi connectivity index (χ4n) is 8.64. The SMILES string of the molecule is CCCCCC/C=C\CCCCCCCCCC(=O)OC(/C=C/CCCCCCCCCCCCC)C(COP(=O)(O)OCC[N+](C)(C)C)NC(=O)CCCCCCC/C=C/CCCCCCCCC. The van der Waals surface area contributed by atoms with Gasteiger partial charge in [-0.15, -0.1) is 0 Å². The third-order valence-electron chi connectivity index (χ3n) is 13.3. The van der Waals surface area contributed by atoms with Crippen molar-refractivity contribution in [1.29, 1.82) is 0 Å². The zero-order chi connectivity index (χ0) is 51.5. The van der Waals surface area contributed by atoms with Crippen molar-refractivity contribution in [2.45, 2.75) is 296 Å². The Kier molecular flexibility index (Phi) is 49.5. The Labute approximate surface area is 434 Å². The average Bonchev–Trinajstić information content (AvgIpc) is 3.32. The van der Waals surface area contributed by atoms with Crippen molar-refractivity contribution in [3.05, 3.63) is 36.5 Å². The first-order valence-electron chi connectivity index (χ1n) is 29.8. The van der Waals surface area contributed by atoms with E-state index in [2.05, 4.69) is 50.4 Å². The van der Waals surface area contributed by atoms with E-state index in [9.17, 15) is 19.0 Å². The van der Waals surface area contributed by atoms with Gasteiger partial charge < -0.3 is 19.4 Å². The van der Waals surface area contributed by atoms with Crippen LogP contribution in [0.15, 0.2) is 36.5 Å². The lowest BCUT2D eigenvalue weighted by Gasteiger charge is -2.27. The molecule has 0 aliphatic heterocycles. The summed E-state index contributed by atoms with van der Waals surface area (Å²) in [5.74, 6) is -0.511. The van der Waals surface area contributed by atoms with E-state index in [-0.39, 0.29) is 31.5 Å². The molecule has 0 aliphatic rings. The number of hydrogen-bond acceptors (Lipinski definition) is 6. The van der Waals surface area contributed by atoms with Crippen LogP contribution >= 0.6 is 7.82 Å². The number of unbranched alkanes of at least 4 members (excludes halogenated alkanes) is 34. The van der Waals surface area contributed by atoms with Crippen molar-refractivity contribution in [3.8, 4) is 0 Å². The summed E-state index contributed by atoms with van der Waals surface area (Å²) in [4.78, 5) is 37.6. The quantitative estimate of drug-likeness (QED) is 0.0205. The number of ether oxygens (including phenoxy) is 1. The maximum atomic E-state index is 13.5. The molecule has 9 nitrogen and oxygen atoms in total. The normalized spacial score (nSPS) is 14.0. The number of carbonyl (C=O) groups excluding carboxylic acids is 2. The van der Waals surface area contributed by atoms with Crippen LogP contribution in [0.1, 0.15) is 284 Å². The van der Waals surface area contributed by atoms with Gasteiger partial charge in [-0.3, -0.25) is 18.6 Å². The molecule has 0 rings (SSSR count). The number of quaternary nitrogens is 1. The van der Waals surface area contributed by atoms with E-state index in [0.717, 1.165) is 83.5 Å². The maximum absolute atomic E-state index is 13.5. The molecular weight excluding hydrogens is 892 g/mol. The molecule has 10 heteroatoms. The smallest absolute Gasteiger partial charge is 0.456 e. The molecule has 2 N–H and O–H groups in total. The van der Waals surface area contributed by atoms with Crippen LogP contribution in [-0.2, 0) is 27.9 Å². The highest BCUT2D eigenvalue weighted by Crippen LogP contribution is 2.43. The molecule has 0 aromatic rings. The number of hydrogen-bond donors (Lipinski definition) is 2. The van der Waals surface area contributed by atoms with Crippen LogP contribution in [0.4, 0.5) is 0 Å². The number of rotatable bonds is 54. The summed E-state index contributed by atoms with van der Waals surface area (Å²) in [5.41, 5.74) is 0. The van der Waals surface area contributed by atoms with Gasteiger partial charge in [0.15, 0.2) is 0 Å². The second kappa shape index (κ2) is 50.7. The minimum absolute atomic E-state index is 0.0394. The Morgan fingerprint density at radius 1 is 0.486 bits per heavy atom. The first-order chi connectivity index (χ1) is 33.9. The van der Waals surface area contributed by atoms with Crippen LogP contribution in [0.5, 0.6) is 0 Å². The van der Waals surface area contributed by atoms with Gasteiger partial charge in [0.05, 0.1) is 33.8 Å². The van der Waals surface area contributed by atoms with Gasteiger partial charge in [0, 0.05) is 12.8 Å². The molecule has 0 spiro atoms. The van der Waals surface area contributed by atoms with E-state index >= 15 is 0 Å². The number of allylic oxidation sites excluding steroid dienone is 5. The van der Waals surface area contributed by atoms with Gasteiger partial charge in [-0.25, -0.2) is 4.57 Å². The van der Waals surface area contributed by atoms with E-state index in [1.807, 2.05) is 33.3 Å². The van der Waals surface area contributed by atoms with Gasteiger partial charge in [0.1, 0.15) is 19.3 Å². The molecule has 70 heavy (non-hydrogen) atoms. The van der Waals surface area contributed by atoms with Gasteiger partial charge in [-0.2, -0.15) is 0 Å². The van der Waals surface area contributed by atoms with Gasteiger partial charge in [-0.05, 0) is 83.1 Å². The van der Waals surface area contributed by atoms with Crippen molar-refractivity contribution < 1.29 is 37.3 Å². The predicted molar refractivity (Wildman–Crippen MR) is 300 cm³/mol. The van der Waals surface area contributed by atoms with E-state index in [4.69, 9.17) is 13.8 Å². The first-order valence-corrected chi connectivity index (χ1v) is 31.3. The van der Waals surface area contributed by atoms with Crippen molar-refractivity contribution in [2.75, 3.05) is 40.9 Å². The number of amides is 1. The van der Waals surface area contributed by atoms with Crippen LogP contribution in [0, 0.1) is 0 Å². The fraction of sp³-hybridized carbons (Fsp3) is 0.867. The molecule has 3 unspecified atom stereocenters. The molecule has 0 saturated heterocycles. The zero-order valence-electron chi connectivity index (χ0n) is 47.0. The number of nitrogens with one attached hydrogen (secondary N) is 1. The van der Waals surface area contributed by atoms with Crippen LogP contribution < -0.4 is 5.32 Å². The van der Waals surface area contributed by atoms with E-state index < -0.39 is 20.0 Å². The predicted octanol–water partition coefficient (Wildman–Crippen LogP) is 17.9. The summed E-state index contributed by atoms with van der Waals surface area (Å²) in [5, 5.41) is 3.05. The average molecular weight is 1010 g/mol. The lowest BCUT2D eigenvalue weighted by Crippen LogP contribution is -2.47. The third kappa shape index (κ3) is 51.1. The van der Waals surface area contributed by atoms with Crippen molar-refractivity contribution in [3.63, 3.8) is 0 Å². The summed E-state index contributed by atoms with van der Waals surface area (Å²) in [6.45, 7) is 7.01. The largest absolute Gasteiger partial charge is 0.472 e. The number of nitrogens with zero attached hydrogens (tertiary/aromatic N) is 1. The van der Waals surface area contributed by atoms with E-state index in [1.54, 1.807) is 0 Å². The van der Waals surface area contributed by atoms with Crippen LogP contribution in [-0.4, -0.2) is 74.3 Å². The molecular formula is C60H116N2O7P+. The Morgan fingerprint density at radius 3 is 1.23 bits per heavy atom. The van der Waals surface area contributed by atoms with E-state index in [0.29, 0.717) is 17.4 Å². The molecule has 0 radical (unpaired) electrons. The Morgan fingerprint density at radius 2 is 0.829 bits per heavy atom. The summed E-state index contributed by atoms with van der Waals surface area (Å²) in [7, 11) is 1.50. The summed E-state index contributed by atoms with van der Waals surface area (Å²) < 4.78 is 30.6. The van der Waals surface area contributed by atoms with E-state index in [1.165, 1.54) is 167 Å². The summed E-state index contributed by atoms with van der Waals surface area (Å²) >= 11 is 0. The van der Waals surface area contributed by atoms with Gasteiger partial charge in [0.2, 0.25) is 5.91 Å². The molecule has 1 amide bonds. The summed E-state index contributed by atoms with van der Waals surface area (Å²) in [6, 6.07) is -0.851. The van der Waals surface area contributed by atoms with Crippen LogP contribution in [0.25, 0.3) is 0 Å². The molecule has 0 saturated carbocycles. The summed E-state index contributed by atoms with van der Waals surface area (Å²) in [6.07, 6.45) is 59.8. The fourth-order valence-corrected chi connectivity index (χ4v) is 9.37. The Bertz CT molecular complexity index is 1300. The minimum atomic E-state index is -4.44. The standard InChI is InChI=1S/C60H115N2O7P/c1-7-10-13-16-19-22-25-28-30-32-34-37-40-43-46-49-52-59(63)61-57(56-68-70(65,66)67-55-54-62(4,5)6)58(51-48-45-42-39-36-33-27-24-21-18-15-12-9-3)69-60(64)53-50-47-44-41-38-35-31-29-26-23-20-17-14-11-8-2/h23,26,30,32,48,51,57-58H,7-22,24-25,27-29,31,33-47,49-50,52-56H2,1-6H3,(H-,61,63,65,66)/p+1/b26-23-,32-30+,51-48+. The van der Waals surface area contributed by atoms with Crippen molar-refractivity contribution >= 4 is 19.7 Å². The van der Waals surface area contributed by atoms with Gasteiger partial charge >= 0.3 is 13.8 Å². The molecule has 0 aliphatic carbocycles. The highest BCUT2D eigenvalue weighted by molar-refractivity contribution is 7.47. The topological polar surface area (TPSA) is 111 Å². The number of esters is 1. The highest BCUT2D eigenvalue weighted by atomic mass is 31.2. The minimum Gasteiger partial charge on any atom is -0.456 e. The van der Waals surface area contributed by atoms with Crippen molar-refractivity contribution in [1.82, 2.24) is 5.32 Å². The number of phosphoric acid groups is 1. The molecule has 0 fully saturated rings. The third-order valence-corrected chi connectivity index (χ3v) is 14.3. The molecule has 3 atom stereocenters. The molecule has 0 aromatic heterocycles. The molecule has 0 aromatic carbocycles. The Balaban J connectivity index is 5.35. The highest BCUT2D eigenvalue weighted by Gasteiger charge is 2.30. The monoisotopic (exact) mass is 1010 g/mol. The molecule has 0 bridgehead atoms. The second-order valence-corrected chi connectivity index (χ2v) is 23.0. The number of likely N-dealkylation sites (N-methyl/N-ethyl adjacent to an activating group) is 1. The maximum Gasteiger partial charge on any atom is 0.472 e. The number of carbonyl (C=O) groups is 2. The number of phosphoric ester groups is 1. The van der Waals surface area contributed by atoms with Gasteiger partial charge in [-0.1, -0.05) is 225 Å². The molecule has 412 valence electrons. The van der Waals surface area contributed by atoms with Crippen LogP contribution in [0.3, 0.4) is 0 Å². The second-order valence-electron chi connectivity index (χ2n) is 21.5. The zero-order valence-corrected chi connectivity index (χ0v) is 47.9. The first kappa shape index (κ1) is 68.2. The Hall–Kier alpha value is -1.77. The lowest BCUT2D eigenvalue weighted by atomic mass is 10.0. The molecule has 0 heterocycles.